The van der Waals surface area contributed by atoms with Gasteiger partial charge < -0.3 is 13.0 Å². The summed E-state index contributed by atoms with van der Waals surface area (Å²) in [5.74, 6) is -0.861. The molecular formula is C30H37F3IN7O. The van der Waals surface area contributed by atoms with Crippen LogP contribution in [0, 0.1) is 11.6 Å². The van der Waals surface area contributed by atoms with Crippen molar-refractivity contribution in [2.24, 2.45) is 9.98 Å². The third kappa shape index (κ3) is 6.43. The molecule has 5 rings (SSSR count). The second-order valence-corrected chi connectivity index (χ2v) is 11.7. The number of rotatable bonds is 7. The molecule has 1 aromatic heterocycles. The SMILES string of the molecule is CC/C(=C\C(=NC)NI)CN1CCC(F)(C(=O)N2CCC(n3c(C4CC=CC=N4)nc4cc(F)c(F)cc43)CC2)CC1. The van der Waals surface area contributed by atoms with Crippen LogP contribution in [0.15, 0.2) is 45.9 Å². The zero-order chi connectivity index (χ0) is 29.9. The van der Waals surface area contributed by atoms with E-state index in [0.717, 1.165) is 24.9 Å². The number of nitrogens with zero attached hydrogens (tertiary/aromatic N) is 6. The molecule has 2 fully saturated rings. The van der Waals surface area contributed by atoms with Crippen LogP contribution < -0.4 is 3.53 Å². The van der Waals surface area contributed by atoms with E-state index in [1.165, 1.54) is 11.6 Å². The van der Waals surface area contributed by atoms with Crippen molar-refractivity contribution in [3.05, 3.63) is 53.4 Å². The fourth-order valence-corrected chi connectivity index (χ4v) is 6.54. The molecule has 0 saturated carbocycles. The number of fused-ring (bicyclic) bond motifs is 1. The molecule has 0 aliphatic carbocycles. The number of hydrogen-bond acceptors (Lipinski definition) is 5. The lowest BCUT2D eigenvalue weighted by Crippen LogP contribution is -2.54. The number of carbonyl (C=O) groups excluding carboxylic acids is 1. The normalized spacial score (nSPS) is 22.2. The molecule has 1 aromatic carbocycles. The standard InChI is InChI=1S/C30H37F3IN7O/c1-3-20(16-27(35-2)38-34)19-39-14-9-30(33,10-15-39)29(42)40-12-7-21(8-13-40)41-26-18-23(32)22(31)17-25(26)37-28(41)24-6-4-5-11-36-24/h4-5,11,16-18,21,24H,3,6-10,12-15,19H2,1-2H3,(H,35,38)/b20-16+. The van der Waals surface area contributed by atoms with E-state index < -0.39 is 23.2 Å². The Morgan fingerprint density at radius 1 is 1.19 bits per heavy atom. The molecule has 3 aliphatic rings. The third-order valence-corrected chi connectivity index (χ3v) is 9.17. The van der Waals surface area contributed by atoms with Crippen molar-refractivity contribution >= 4 is 51.9 Å². The Hall–Kier alpha value is -2.74. The van der Waals surface area contributed by atoms with Crippen LogP contribution in [-0.4, -0.2) is 82.7 Å². The first-order chi connectivity index (χ1) is 20.3. The minimum Gasteiger partial charge on any atom is -0.340 e. The lowest BCUT2D eigenvalue weighted by atomic mass is 9.90. The lowest BCUT2D eigenvalue weighted by molar-refractivity contribution is -0.148. The number of likely N-dealkylation sites (tertiary alicyclic amines) is 2. The molecule has 2 aromatic rings. The van der Waals surface area contributed by atoms with Crippen LogP contribution >= 0.6 is 22.9 Å². The number of benzene rings is 1. The monoisotopic (exact) mass is 695 g/mol. The van der Waals surface area contributed by atoms with Gasteiger partial charge in [-0.3, -0.25) is 19.7 Å². The van der Waals surface area contributed by atoms with E-state index >= 15 is 4.39 Å². The highest BCUT2D eigenvalue weighted by Gasteiger charge is 2.45. The Kier molecular flexibility index (Phi) is 9.70. The van der Waals surface area contributed by atoms with Crippen molar-refractivity contribution in [2.45, 2.75) is 63.2 Å². The molecule has 1 N–H and O–H groups in total. The topological polar surface area (TPSA) is 78.1 Å². The number of aliphatic imine (C=N–C) groups is 2. The summed E-state index contributed by atoms with van der Waals surface area (Å²) in [6.07, 6.45) is 10.6. The Balaban J connectivity index is 1.25. The predicted octanol–water partition coefficient (Wildman–Crippen LogP) is 5.66. The number of amides is 1. The van der Waals surface area contributed by atoms with Crippen molar-refractivity contribution in [3.63, 3.8) is 0 Å². The average molecular weight is 696 g/mol. The first kappa shape index (κ1) is 30.7. The Morgan fingerprint density at radius 3 is 2.52 bits per heavy atom. The number of aromatic nitrogens is 2. The number of amidine groups is 1. The molecule has 4 heterocycles. The number of piperidine rings is 2. The highest BCUT2D eigenvalue weighted by Crippen LogP contribution is 2.36. The van der Waals surface area contributed by atoms with E-state index in [1.54, 1.807) is 18.2 Å². The zero-order valence-corrected chi connectivity index (χ0v) is 26.2. The van der Waals surface area contributed by atoms with Gasteiger partial charge in [0, 0.05) is 77.0 Å². The highest BCUT2D eigenvalue weighted by atomic mass is 127. The summed E-state index contributed by atoms with van der Waals surface area (Å²) in [5, 5.41) is 0. The Bertz CT molecular complexity index is 1420. The highest BCUT2D eigenvalue weighted by molar-refractivity contribution is 14.1. The summed E-state index contributed by atoms with van der Waals surface area (Å²) >= 11 is 2.05. The van der Waals surface area contributed by atoms with Crippen LogP contribution in [-0.2, 0) is 4.79 Å². The van der Waals surface area contributed by atoms with Crippen LogP contribution in [0.5, 0.6) is 0 Å². The summed E-state index contributed by atoms with van der Waals surface area (Å²) < 4.78 is 49.4. The molecule has 1 unspecified atom stereocenters. The van der Waals surface area contributed by atoms with Gasteiger partial charge in [0.15, 0.2) is 17.3 Å². The van der Waals surface area contributed by atoms with E-state index in [9.17, 15) is 13.6 Å². The van der Waals surface area contributed by atoms with Gasteiger partial charge >= 0.3 is 0 Å². The summed E-state index contributed by atoms with van der Waals surface area (Å²) in [5.41, 5.74) is 0.213. The van der Waals surface area contributed by atoms with Gasteiger partial charge in [-0.25, -0.2) is 18.2 Å². The van der Waals surface area contributed by atoms with Crippen molar-refractivity contribution in [1.82, 2.24) is 22.9 Å². The number of carbonyl (C=O) groups is 1. The Labute approximate surface area is 258 Å². The molecule has 3 aliphatic heterocycles. The summed E-state index contributed by atoms with van der Waals surface area (Å²) in [6.45, 7) is 4.61. The van der Waals surface area contributed by atoms with Gasteiger partial charge in [-0.1, -0.05) is 18.6 Å². The average Bonchev–Trinajstić information content (AvgIpc) is 3.38. The smallest absolute Gasteiger partial charge is 0.260 e. The van der Waals surface area contributed by atoms with Crippen LogP contribution in [0.3, 0.4) is 0 Å². The fourth-order valence-electron chi connectivity index (χ4n) is 6.15. The predicted molar refractivity (Wildman–Crippen MR) is 168 cm³/mol. The molecule has 0 bridgehead atoms. The Morgan fingerprint density at radius 2 is 1.90 bits per heavy atom. The number of alkyl halides is 1. The van der Waals surface area contributed by atoms with E-state index in [2.05, 4.69) is 53.2 Å². The largest absolute Gasteiger partial charge is 0.340 e. The number of imidazole rings is 1. The van der Waals surface area contributed by atoms with Crippen LogP contribution in [0.2, 0.25) is 0 Å². The molecule has 0 spiro atoms. The number of nitrogens with one attached hydrogen (secondary N) is 1. The molecule has 226 valence electrons. The minimum atomic E-state index is -1.88. The molecule has 42 heavy (non-hydrogen) atoms. The van der Waals surface area contributed by atoms with E-state index in [0.29, 0.717) is 62.3 Å². The van der Waals surface area contributed by atoms with Crippen LogP contribution in [0.25, 0.3) is 11.0 Å². The van der Waals surface area contributed by atoms with Crippen molar-refractivity contribution in [2.75, 3.05) is 39.8 Å². The maximum atomic E-state index is 16.1. The van der Waals surface area contributed by atoms with Gasteiger partial charge in [0.25, 0.3) is 5.91 Å². The van der Waals surface area contributed by atoms with Gasteiger partial charge in [0.05, 0.1) is 33.9 Å². The maximum absolute atomic E-state index is 16.1. The van der Waals surface area contributed by atoms with Gasteiger partial charge in [0.1, 0.15) is 17.7 Å². The number of allylic oxidation sites excluding steroid dienone is 1. The molecular weight excluding hydrogens is 658 g/mol. The van der Waals surface area contributed by atoms with E-state index in [1.807, 2.05) is 22.8 Å². The van der Waals surface area contributed by atoms with E-state index in [-0.39, 0.29) is 24.9 Å². The molecule has 1 amide bonds. The van der Waals surface area contributed by atoms with Gasteiger partial charge in [-0.2, -0.15) is 0 Å². The second-order valence-electron chi connectivity index (χ2n) is 11.2. The quantitative estimate of drug-likeness (QED) is 0.176. The van der Waals surface area contributed by atoms with E-state index in [4.69, 9.17) is 0 Å². The second kappa shape index (κ2) is 13.3. The summed E-state index contributed by atoms with van der Waals surface area (Å²) in [4.78, 5) is 30.7. The minimum absolute atomic E-state index is 0.0923. The molecule has 8 nitrogen and oxygen atoms in total. The number of dihydropyridines is 1. The van der Waals surface area contributed by atoms with Crippen LogP contribution in [0.4, 0.5) is 13.2 Å². The summed E-state index contributed by atoms with van der Waals surface area (Å²) in [6, 6.07) is 1.97. The van der Waals surface area contributed by atoms with Gasteiger partial charge in [-0.05, 0) is 37.8 Å². The zero-order valence-electron chi connectivity index (χ0n) is 24.0. The van der Waals surface area contributed by atoms with Crippen molar-refractivity contribution in [1.29, 1.82) is 0 Å². The van der Waals surface area contributed by atoms with Gasteiger partial charge in [-0.15, -0.1) is 0 Å². The molecule has 12 heteroatoms. The van der Waals surface area contributed by atoms with Crippen molar-refractivity contribution in [3.8, 4) is 0 Å². The third-order valence-electron chi connectivity index (χ3n) is 8.61. The number of halogens is 4. The first-order valence-corrected chi connectivity index (χ1v) is 15.6. The maximum Gasteiger partial charge on any atom is 0.260 e. The van der Waals surface area contributed by atoms with Gasteiger partial charge in [0.2, 0.25) is 0 Å². The fraction of sp³-hybridized carbons (Fsp3) is 0.533. The van der Waals surface area contributed by atoms with Crippen molar-refractivity contribution < 1.29 is 18.0 Å². The molecule has 2 saturated heterocycles. The molecule has 0 radical (unpaired) electrons. The van der Waals surface area contributed by atoms with Crippen LogP contribution in [0.1, 0.15) is 63.4 Å². The number of hydrogen-bond donors (Lipinski definition) is 1. The lowest BCUT2D eigenvalue weighted by Gasteiger charge is -2.41. The molecule has 1 atom stereocenters. The first-order valence-electron chi connectivity index (χ1n) is 14.5. The summed E-state index contributed by atoms with van der Waals surface area (Å²) in [7, 11) is 1.73.